The monoisotopic (exact) mass is 399 g/mol. The first-order valence-corrected chi connectivity index (χ1v) is 9.94. The van der Waals surface area contributed by atoms with Crippen LogP contribution in [0.5, 0.6) is 0 Å². The molecule has 2 rings (SSSR count). The second-order valence-corrected chi connectivity index (χ2v) is 7.72. The molecule has 0 aromatic heterocycles. The average molecular weight is 399 g/mol. The summed E-state index contributed by atoms with van der Waals surface area (Å²) in [6.07, 6.45) is 3.05. The minimum absolute atomic E-state index is 0.337. The van der Waals surface area contributed by atoms with Crippen LogP contribution in [0.25, 0.3) is 0 Å². The van der Waals surface area contributed by atoms with E-state index in [0.29, 0.717) is 18.4 Å². The van der Waals surface area contributed by atoms with Crippen molar-refractivity contribution >= 4 is 17.8 Å². The smallest absolute Gasteiger partial charge is 0.326 e. The maximum absolute atomic E-state index is 12.7. The third kappa shape index (κ3) is 5.35. The summed E-state index contributed by atoms with van der Waals surface area (Å²) in [5, 5.41) is 12.1. The van der Waals surface area contributed by atoms with Crippen LogP contribution in [0.3, 0.4) is 0 Å². The van der Waals surface area contributed by atoms with E-state index in [9.17, 15) is 19.6 Å². The number of aryl methyl sites for hydroxylation is 2. The van der Waals surface area contributed by atoms with Gasteiger partial charge in [-0.2, -0.15) is 5.26 Å². The fourth-order valence-corrected chi connectivity index (χ4v) is 3.57. The number of nitrogens with zero attached hydrogens (tertiary/aromatic N) is 2. The molecule has 1 aromatic carbocycles. The normalized spacial score (nSPS) is 16.2. The van der Waals surface area contributed by atoms with Gasteiger partial charge in [0.05, 0.1) is 6.07 Å². The van der Waals surface area contributed by atoms with E-state index in [4.69, 9.17) is 4.74 Å². The number of rotatable bonds is 6. The van der Waals surface area contributed by atoms with Crippen LogP contribution in [-0.4, -0.2) is 47.9 Å². The Kier molecular flexibility index (Phi) is 7.38. The standard InChI is InChI=1S/C22H29N3O4/c1-15-8-9-18(12-16(15)2)20(27)24-13-19(26)29-17(3)21(28)25(4)22(14-23)10-6-5-7-11-22/h8-9,12,17H,5-7,10-11,13H2,1-4H3,(H,24,27)/t17-/m1/s1. The van der Waals surface area contributed by atoms with Crippen LogP contribution < -0.4 is 5.32 Å². The molecular formula is C22H29N3O4. The van der Waals surface area contributed by atoms with E-state index in [1.54, 1.807) is 19.2 Å². The van der Waals surface area contributed by atoms with Gasteiger partial charge in [0.1, 0.15) is 12.1 Å². The van der Waals surface area contributed by atoms with Crippen molar-refractivity contribution in [1.29, 1.82) is 5.26 Å². The number of ether oxygens (including phenoxy) is 1. The van der Waals surface area contributed by atoms with Gasteiger partial charge in [-0.25, -0.2) is 0 Å². The Labute approximate surface area is 172 Å². The summed E-state index contributed by atoms with van der Waals surface area (Å²) < 4.78 is 5.19. The van der Waals surface area contributed by atoms with Crippen molar-refractivity contribution in [3.63, 3.8) is 0 Å². The van der Waals surface area contributed by atoms with Crippen molar-refractivity contribution in [2.24, 2.45) is 0 Å². The molecule has 1 atom stereocenters. The number of esters is 1. The maximum atomic E-state index is 12.7. The number of amides is 2. The molecule has 0 spiro atoms. The maximum Gasteiger partial charge on any atom is 0.326 e. The average Bonchev–Trinajstić information content (AvgIpc) is 2.73. The van der Waals surface area contributed by atoms with Crippen LogP contribution in [0, 0.1) is 25.2 Å². The number of nitriles is 1. The Bertz CT molecular complexity index is 822. The lowest BCUT2D eigenvalue weighted by Crippen LogP contribution is -2.53. The van der Waals surface area contributed by atoms with E-state index in [0.717, 1.165) is 30.4 Å². The van der Waals surface area contributed by atoms with Gasteiger partial charge in [-0.05, 0) is 56.9 Å². The van der Waals surface area contributed by atoms with Crippen molar-refractivity contribution in [1.82, 2.24) is 10.2 Å². The zero-order chi connectivity index (χ0) is 21.6. The molecule has 0 saturated heterocycles. The Balaban J connectivity index is 1.89. The van der Waals surface area contributed by atoms with Gasteiger partial charge in [0.15, 0.2) is 6.10 Å². The first kappa shape index (κ1) is 22.4. The van der Waals surface area contributed by atoms with Crippen molar-refractivity contribution in [2.45, 2.75) is 64.5 Å². The van der Waals surface area contributed by atoms with E-state index >= 15 is 0 Å². The molecule has 0 aliphatic heterocycles. The van der Waals surface area contributed by atoms with Crippen molar-refractivity contribution < 1.29 is 19.1 Å². The molecule has 1 N–H and O–H groups in total. The highest BCUT2D eigenvalue weighted by atomic mass is 16.5. The van der Waals surface area contributed by atoms with E-state index in [-0.39, 0.29) is 12.5 Å². The molecule has 156 valence electrons. The van der Waals surface area contributed by atoms with Crippen LogP contribution >= 0.6 is 0 Å². The second kappa shape index (κ2) is 9.55. The largest absolute Gasteiger partial charge is 0.451 e. The summed E-state index contributed by atoms with van der Waals surface area (Å²) in [5.74, 6) is -1.50. The minimum atomic E-state index is -1.03. The molecule has 0 bridgehead atoms. The van der Waals surface area contributed by atoms with Crippen LogP contribution in [0.1, 0.15) is 60.5 Å². The lowest BCUT2D eigenvalue weighted by atomic mass is 9.81. The molecule has 1 aromatic rings. The fraction of sp³-hybridized carbons (Fsp3) is 0.545. The number of benzene rings is 1. The number of hydrogen-bond donors (Lipinski definition) is 1. The van der Waals surface area contributed by atoms with Crippen LogP contribution in [0.2, 0.25) is 0 Å². The molecular weight excluding hydrogens is 370 g/mol. The number of carbonyl (C=O) groups is 3. The molecule has 1 fully saturated rings. The van der Waals surface area contributed by atoms with Crippen molar-refractivity contribution in [3.8, 4) is 6.07 Å². The van der Waals surface area contributed by atoms with Crippen LogP contribution in [0.15, 0.2) is 18.2 Å². The molecule has 1 aliphatic carbocycles. The molecule has 1 aliphatic rings. The topological polar surface area (TPSA) is 99.5 Å². The third-order valence-corrected chi connectivity index (χ3v) is 5.68. The minimum Gasteiger partial charge on any atom is -0.451 e. The molecule has 0 unspecified atom stereocenters. The van der Waals surface area contributed by atoms with Gasteiger partial charge in [-0.3, -0.25) is 14.4 Å². The number of carbonyl (C=O) groups excluding carboxylic acids is 3. The number of likely N-dealkylation sites (N-methyl/N-ethyl adjacent to an activating group) is 1. The van der Waals surface area contributed by atoms with Gasteiger partial charge in [-0.15, -0.1) is 0 Å². The van der Waals surface area contributed by atoms with E-state index in [1.165, 1.54) is 11.8 Å². The fourth-order valence-electron chi connectivity index (χ4n) is 3.57. The first-order valence-electron chi connectivity index (χ1n) is 9.94. The zero-order valence-electron chi connectivity index (χ0n) is 17.6. The van der Waals surface area contributed by atoms with Crippen LogP contribution in [0.4, 0.5) is 0 Å². The first-order chi connectivity index (χ1) is 13.7. The van der Waals surface area contributed by atoms with E-state index < -0.39 is 23.5 Å². The summed E-state index contributed by atoms with van der Waals surface area (Å²) in [6, 6.07) is 7.57. The summed E-state index contributed by atoms with van der Waals surface area (Å²) in [6.45, 7) is 5.00. The molecule has 29 heavy (non-hydrogen) atoms. The molecule has 0 heterocycles. The predicted molar refractivity (Wildman–Crippen MR) is 108 cm³/mol. The van der Waals surface area contributed by atoms with Crippen molar-refractivity contribution in [2.75, 3.05) is 13.6 Å². The number of hydrogen-bond acceptors (Lipinski definition) is 5. The summed E-state index contributed by atoms with van der Waals surface area (Å²) in [4.78, 5) is 38.4. The zero-order valence-corrected chi connectivity index (χ0v) is 17.6. The molecule has 7 heteroatoms. The summed E-state index contributed by atoms with van der Waals surface area (Å²) >= 11 is 0. The molecule has 0 radical (unpaired) electrons. The predicted octanol–water partition coefficient (Wildman–Crippen LogP) is 2.65. The molecule has 2 amide bonds. The molecule has 1 saturated carbocycles. The highest BCUT2D eigenvalue weighted by Gasteiger charge is 2.40. The summed E-state index contributed by atoms with van der Waals surface area (Å²) in [7, 11) is 1.59. The van der Waals surface area contributed by atoms with Gasteiger partial charge < -0.3 is 15.0 Å². The lowest BCUT2D eigenvalue weighted by Gasteiger charge is -2.39. The van der Waals surface area contributed by atoms with E-state index in [2.05, 4.69) is 11.4 Å². The van der Waals surface area contributed by atoms with Gasteiger partial charge in [0.2, 0.25) is 0 Å². The van der Waals surface area contributed by atoms with Gasteiger partial charge in [0, 0.05) is 12.6 Å². The highest BCUT2D eigenvalue weighted by Crippen LogP contribution is 2.32. The Morgan fingerprint density at radius 2 is 1.86 bits per heavy atom. The van der Waals surface area contributed by atoms with Gasteiger partial charge in [0.25, 0.3) is 11.8 Å². The Morgan fingerprint density at radius 3 is 2.45 bits per heavy atom. The van der Waals surface area contributed by atoms with Gasteiger partial charge in [-0.1, -0.05) is 25.3 Å². The third-order valence-electron chi connectivity index (χ3n) is 5.68. The lowest BCUT2D eigenvalue weighted by molar-refractivity contribution is -0.160. The molecule has 7 nitrogen and oxygen atoms in total. The Hall–Kier alpha value is -2.88. The SMILES string of the molecule is Cc1ccc(C(=O)NCC(=O)O[C@H](C)C(=O)N(C)C2(C#N)CCCCC2)cc1C. The van der Waals surface area contributed by atoms with E-state index in [1.807, 2.05) is 19.9 Å². The highest BCUT2D eigenvalue weighted by molar-refractivity contribution is 5.96. The van der Waals surface area contributed by atoms with Gasteiger partial charge >= 0.3 is 5.97 Å². The second-order valence-electron chi connectivity index (χ2n) is 7.72. The number of nitrogens with one attached hydrogen (secondary N) is 1. The van der Waals surface area contributed by atoms with Crippen molar-refractivity contribution in [3.05, 3.63) is 34.9 Å². The van der Waals surface area contributed by atoms with Crippen LogP contribution in [-0.2, 0) is 14.3 Å². The Morgan fingerprint density at radius 1 is 1.21 bits per heavy atom. The summed E-state index contributed by atoms with van der Waals surface area (Å²) in [5.41, 5.74) is 1.67. The quantitative estimate of drug-likeness (QED) is 0.742.